The highest BCUT2D eigenvalue weighted by Crippen LogP contribution is 2.31. The van der Waals surface area contributed by atoms with Gasteiger partial charge in [0.05, 0.1) is 19.7 Å². The molecule has 4 atom stereocenters. The van der Waals surface area contributed by atoms with Crippen LogP contribution in [0.25, 0.3) is 0 Å². The van der Waals surface area contributed by atoms with Gasteiger partial charge in [0.25, 0.3) is 5.91 Å². The summed E-state index contributed by atoms with van der Waals surface area (Å²) in [6, 6.07) is 26.7. The third-order valence-electron chi connectivity index (χ3n) is 10.4. The molecule has 0 unspecified atom stereocenters. The van der Waals surface area contributed by atoms with E-state index in [-0.39, 0.29) is 45.0 Å². The van der Waals surface area contributed by atoms with E-state index in [0.717, 1.165) is 16.7 Å². The third-order valence-corrected chi connectivity index (χ3v) is 10.4. The molecule has 0 bridgehead atoms. The van der Waals surface area contributed by atoms with Crippen molar-refractivity contribution in [1.82, 2.24) is 20.0 Å². The number of rotatable bonds is 10. The number of hydrogen-bond donors (Lipinski definition) is 1. The van der Waals surface area contributed by atoms with E-state index in [1.54, 1.807) is 75.1 Å². The van der Waals surface area contributed by atoms with Crippen molar-refractivity contribution >= 4 is 30.0 Å². The average Bonchev–Trinajstić information content (AvgIpc) is 3.64. The van der Waals surface area contributed by atoms with Crippen molar-refractivity contribution in [1.29, 1.82) is 0 Å². The van der Waals surface area contributed by atoms with Gasteiger partial charge in [-0.15, -0.1) is 0 Å². The molecule has 304 valence electrons. The summed E-state index contributed by atoms with van der Waals surface area (Å²) in [7, 11) is 1.24. The molecule has 13 heteroatoms. The van der Waals surface area contributed by atoms with E-state index >= 15 is 4.39 Å². The van der Waals surface area contributed by atoms with E-state index in [0.29, 0.717) is 16.7 Å². The van der Waals surface area contributed by atoms with Gasteiger partial charge >= 0.3 is 18.2 Å². The van der Waals surface area contributed by atoms with E-state index in [9.17, 15) is 24.0 Å². The highest BCUT2D eigenvalue weighted by molar-refractivity contribution is 5.95. The first-order chi connectivity index (χ1) is 27.7. The summed E-state index contributed by atoms with van der Waals surface area (Å²) in [6.45, 7) is 7.19. The van der Waals surface area contributed by atoms with Gasteiger partial charge in [-0.1, -0.05) is 84.9 Å². The Bertz CT molecular complexity index is 2120. The molecule has 4 aromatic rings. The normalized spacial score (nSPS) is 18.1. The topological polar surface area (TPSA) is 135 Å². The number of esters is 1. The fourth-order valence-electron chi connectivity index (χ4n) is 7.37. The number of ether oxygens (including phenoxy) is 3. The molecular formula is C45H49FN4O8. The minimum atomic E-state index is -0.946. The van der Waals surface area contributed by atoms with Gasteiger partial charge in [-0.2, -0.15) is 0 Å². The average molecular weight is 793 g/mol. The van der Waals surface area contributed by atoms with Gasteiger partial charge in [0.15, 0.2) is 0 Å². The standard InChI is InChI=1S/C45H49FN4O8/c1-29(36-17-11-12-18-37(36)46)48(41(52)38-23-33-15-9-10-16-34(33)26-49(38)43(54)57-28-31-13-7-6-8-14-31)25-30-19-21-32(22-20-30)40(51)47-35-24-39(42(53)56-5)50(27-35)44(55)58-45(2,3)4/h6-22,29,35,38-39H,23-28H2,1-5H3,(H,47,51)/t29-,35+,38+,39+/m1/s1. The second-order valence-corrected chi connectivity index (χ2v) is 15.6. The van der Waals surface area contributed by atoms with Crippen molar-refractivity contribution in [3.8, 4) is 0 Å². The Morgan fingerprint density at radius 3 is 2.14 bits per heavy atom. The van der Waals surface area contributed by atoms with Gasteiger partial charge < -0.3 is 24.4 Å². The maximum Gasteiger partial charge on any atom is 0.411 e. The van der Waals surface area contributed by atoms with Crippen molar-refractivity contribution in [2.75, 3.05) is 13.7 Å². The zero-order valence-corrected chi connectivity index (χ0v) is 33.4. The zero-order valence-electron chi connectivity index (χ0n) is 33.4. The lowest BCUT2D eigenvalue weighted by molar-refractivity contribution is -0.145. The largest absolute Gasteiger partial charge is 0.467 e. The number of nitrogens with one attached hydrogen (secondary N) is 1. The summed E-state index contributed by atoms with van der Waals surface area (Å²) in [5, 5.41) is 2.91. The summed E-state index contributed by atoms with van der Waals surface area (Å²) >= 11 is 0. The summed E-state index contributed by atoms with van der Waals surface area (Å²) in [5.74, 6) is -1.90. The summed E-state index contributed by atoms with van der Waals surface area (Å²) in [6.07, 6.45) is -0.945. The van der Waals surface area contributed by atoms with Gasteiger partial charge in [-0.05, 0) is 68.1 Å². The smallest absolute Gasteiger partial charge is 0.411 e. The number of nitrogens with zero attached hydrogens (tertiary/aromatic N) is 3. The third kappa shape index (κ3) is 9.82. The molecule has 4 aromatic carbocycles. The maximum absolute atomic E-state index is 15.3. The lowest BCUT2D eigenvalue weighted by Crippen LogP contribution is -2.54. The number of hydrogen-bond acceptors (Lipinski definition) is 8. The van der Waals surface area contributed by atoms with Crippen molar-refractivity contribution in [2.45, 2.75) is 90.0 Å². The monoisotopic (exact) mass is 792 g/mol. The highest BCUT2D eigenvalue weighted by Gasteiger charge is 2.43. The van der Waals surface area contributed by atoms with Crippen LogP contribution in [0, 0.1) is 5.82 Å². The van der Waals surface area contributed by atoms with Crippen LogP contribution in [0.5, 0.6) is 0 Å². The number of likely N-dealkylation sites (tertiary alicyclic amines) is 1. The van der Waals surface area contributed by atoms with Crippen LogP contribution in [0.15, 0.2) is 103 Å². The Morgan fingerprint density at radius 1 is 0.810 bits per heavy atom. The number of fused-ring (bicyclic) bond motifs is 1. The predicted molar refractivity (Wildman–Crippen MR) is 213 cm³/mol. The minimum Gasteiger partial charge on any atom is -0.467 e. The van der Waals surface area contributed by atoms with Crippen molar-refractivity contribution in [2.24, 2.45) is 0 Å². The number of halogens is 1. The van der Waals surface area contributed by atoms with Crippen LogP contribution in [-0.4, -0.2) is 82.1 Å². The van der Waals surface area contributed by atoms with Crippen LogP contribution in [0.2, 0.25) is 0 Å². The number of benzene rings is 4. The van der Waals surface area contributed by atoms with Crippen molar-refractivity contribution in [3.05, 3.63) is 142 Å². The summed E-state index contributed by atoms with van der Waals surface area (Å²) in [5.41, 5.74) is 3.13. The molecule has 12 nitrogen and oxygen atoms in total. The van der Waals surface area contributed by atoms with E-state index in [1.807, 2.05) is 54.6 Å². The van der Waals surface area contributed by atoms with Crippen LogP contribution in [0.3, 0.4) is 0 Å². The molecular weight excluding hydrogens is 744 g/mol. The Morgan fingerprint density at radius 2 is 1.47 bits per heavy atom. The first-order valence-electron chi connectivity index (χ1n) is 19.3. The Kier molecular flexibility index (Phi) is 12.8. The quantitative estimate of drug-likeness (QED) is 0.135. The molecule has 1 N–H and O–H groups in total. The van der Waals surface area contributed by atoms with Crippen LogP contribution < -0.4 is 5.32 Å². The molecule has 2 aliphatic rings. The Hall–Kier alpha value is -6.24. The molecule has 2 heterocycles. The van der Waals surface area contributed by atoms with Crippen molar-refractivity contribution in [3.63, 3.8) is 0 Å². The molecule has 0 saturated carbocycles. The molecule has 1 fully saturated rings. The molecule has 2 aliphatic heterocycles. The molecule has 0 aromatic heterocycles. The molecule has 1 saturated heterocycles. The number of carbonyl (C=O) groups is 5. The second kappa shape index (κ2) is 17.9. The fraction of sp³-hybridized carbons (Fsp3) is 0.356. The van der Waals surface area contributed by atoms with E-state index in [2.05, 4.69) is 5.32 Å². The van der Waals surface area contributed by atoms with E-state index in [1.165, 1.54) is 23.0 Å². The molecule has 0 aliphatic carbocycles. The fourth-order valence-corrected chi connectivity index (χ4v) is 7.37. The Balaban J connectivity index is 1.22. The SMILES string of the molecule is COC(=O)[C@@H]1C[C@H](NC(=O)c2ccc(CN(C(=O)[C@@H]3Cc4ccccc4CN3C(=O)OCc3ccccc3)[C@H](C)c3ccccc3F)cc2)CN1C(=O)OC(C)(C)C. The van der Waals surface area contributed by atoms with E-state index < -0.39 is 59.6 Å². The van der Waals surface area contributed by atoms with Crippen LogP contribution in [-0.2, 0) is 49.9 Å². The first kappa shape index (κ1) is 41.4. The van der Waals surface area contributed by atoms with Crippen molar-refractivity contribution < 1.29 is 42.6 Å². The highest BCUT2D eigenvalue weighted by atomic mass is 19.1. The molecule has 58 heavy (non-hydrogen) atoms. The van der Waals surface area contributed by atoms with Crippen LogP contribution in [0.1, 0.15) is 78.3 Å². The summed E-state index contributed by atoms with van der Waals surface area (Å²) in [4.78, 5) is 71.8. The Labute approximate surface area is 337 Å². The summed E-state index contributed by atoms with van der Waals surface area (Å²) < 4.78 is 31.5. The van der Waals surface area contributed by atoms with Crippen LogP contribution in [0.4, 0.5) is 14.0 Å². The van der Waals surface area contributed by atoms with Gasteiger partial charge in [-0.3, -0.25) is 19.4 Å². The van der Waals surface area contributed by atoms with E-state index in [4.69, 9.17) is 14.2 Å². The second-order valence-electron chi connectivity index (χ2n) is 15.6. The molecule has 0 radical (unpaired) electrons. The number of amides is 4. The van der Waals surface area contributed by atoms with Gasteiger partial charge in [0, 0.05) is 43.1 Å². The van der Waals surface area contributed by atoms with Gasteiger partial charge in [0.1, 0.15) is 30.1 Å². The van der Waals surface area contributed by atoms with Gasteiger partial charge in [-0.25, -0.2) is 18.8 Å². The zero-order chi connectivity index (χ0) is 41.6. The minimum absolute atomic E-state index is 0.0304. The molecule has 0 spiro atoms. The maximum atomic E-state index is 15.3. The lowest BCUT2D eigenvalue weighted by atomic mass is 9.92. The molecule has 4 amide bonds. The number of carbonyl (C=O) groups excluding carboxylic acids is 5. The molecule has 6 rings (SSSR count). The van der Waals surface area contributed by atoms with Gasteiger partial charge in [0.2, 0.25) is 5.91 Å². The predicted octanol–water partition coefficient (Wildman–Crippen LogP) is 6.96. The number of methoxy groups -OCH3 is 1. The first-order valence-corrected chi connectivity index (χ1v) is 19.3. The lowest BCUT2D eigenvalue weighted by Gasteiger charge is -2.40. The van der Waals surface area contributed by atoms with Crippen LogP contribution >= 0.6 is 0 Å².